The molecule has 0 aromatic heterocycles. The van der Waals surface area contributed by atoms with Crippen molar-refractivity contribution in [3.8, 4) is 0 Å². The van der Waals surface area contributed by atoms with Crippen molar-refractivity contribution in [3.63, 3.8) is 0 Å². The third-order valence-corrected chi connectivity index (χ3v) is 3.82. The summed E-state index contributed by atoms with van der Waals surface area (Å²) < 4.78 is 0. The maximum atomic E-state index is 12.3. The number of amides is 2. The summed E-state index contributed by atoms with van der Waals surface area (Å²) in [5, 5.41) is 12.3. The zero-order valence-electron chi connectivity index (χ0n) is 13.4. The molecule has 0 bridgehead atoms. The van der Waals surface area contributed by atoms with Crippen LogP contribution in [0.2, 0.25) is 0 Å². The van der Waals surface area contributed by atoms with Gasteiger partial charge < -0.3 is 15.3 Å². The Balaban J connectivity index is 1.96. The number of carbonyl (C=O) groups is 2. The lowest BCUT2D eigenvalue weighted by Gasteiger charge is -2.18. The van der Waals surface area contributed by atoms with Gasteiger partial charge in [0.2, 0.25) is 0 Å². The van der Waals surface area contributed by atoms with Crippen LogP contribution in [0.15, 0.2) is 18.2 Å². The van der Waals surface area contributed by atoms with E-state index in [0.29, 0.717) is 18.9 Å². The van der Waals surface area contributed by atoms with Crippen LogP contribution in [0.4, 0.5) is 5.69 Å². The second-order valence-electron chi connectivity index (χ2n) is 6.33. The second kappa shape index (κ2) is 6.92. The zero-order valence-corrected chi connectivity index (χ0v) is 13.4. The van der Waals surface area contributed by atoms with Crippen molar-refractivity contribution in [2.75, 3.05) is 18.0 Å². The molecule has 22 heavy (non-hydrogen) atoms. The second-order valence-corrected chi connectivity index (χ2v) is 6.33. The summed E-state index contributed by atoms with van der Waals surface area (Å²) >= 11 is 0. The van der Waals surface area contributed by atoms with E-state index in [1.54, 1.807) is 0 Å². The van der Waals surface area contributed by atoms with Crippen LogP contribution < -0.4 is 10.2 Å². The average molecular weight is 304 g/mol. The van der Waals surface area contributed by atoms with Crippen LogP contribution in [0.3, 0.4) is 0 Å². The first-order valence-electron chi connectivity index (χ1n) is 7.75. The van der Waals surface area contributed by atoms with Gasteiger partial charge in [0.15, 0.2) is 0 Å². The molecule has 1 aliphatic rings. The molecule has 120 valence electrons. The molecule has 0 saturated carbocycles. The molecule has 1 aliphatic heterocycles. The number of nitrogens with zero attached hydrogens (tertiary/aromatic N) is 1. The van der Waals surface area contributed by atoms with Crippen molar-refractivity contribution >= 4 is 17.5 Å². The number of hydrogen-bond acceptors (Lipinski definition) is 3. The first-order chi connectivity index (χ1) is 10.4. The lowest BCUT2D eigenvalue weighted by atomic mass is 10.1. The topological polar surface area (TPSA) is 69.6 Å². The third kappa shape index (κ3) is 3.85. The maximum Gasteiger partial charge on any atom is 0.316 e. The lowest BCUT2D eigenvalue weighted by Crippen LogP contribution is -2.44. The molecule has 0 radical (unpaired) electrons. The highest BCUT2D eigenvalue weighted by Gasteiger charge is 2.29. The van der Waals surface area contributed by atoms with Crippen molar-refractivity contribution in [2.24, 2.45) is 5.92 Å². The van der Waals surface area contributed by atoms with Crippen LogP contribution in [-0.2, 0) is 16.0 Å². The molecular weight excluding hydrogens is 280 g/mol. The Morgan fingerprint density at radius 1 is 1.36 bits per heavy atom. The third-order valence-electron chi connectivity index (χ3n) is 3.82. The van der Waals surface area contributed by atoms with E-state index in [2.05, 4.69) is 5.32 Å². The highest BCUT2D eigenvalue weighted by molar-refractivity contribution is 6.40. The predicted octanol–water partition coefficient (Wildman–Crippen LogP) is 1.41. The molecule has 1 aromatic carbocycles. The minimum absolute atomic E-state index is 0.108. The number of aliphatic hydroxyl groups is 1. The minimum Gasteiger partial charge on any atom is -0.391 e. The maximum absolute atomic E-state index is 12.3. The van der Waals surface area contributed by atoms with E-state index >= 15 is 0 Å². The van der Waals surface area contributed by atoms with Crippen LogP contribution >= 0.6 is 0 Å². The molecule has 5 heteroatoms. The van der Waals surface area contributed by atoms with Crippen LogP contribution in [0, 0.1) is 12.8 Å². The Bertz CT molecular complexity index is 569. The molecule has 0 aliphatic carbocycles. The van der Waals surface area contributed by atoms with Crippen molar-refractivity contribution in [2.45, 2.75) is 39.7 Å². The van der Waals surface area contributed by atoms with Crippen LogP contribution in [0.25, 0.3) is 0 Å². The number of aliphatic hydroxyl groups excluding tert-OH is 1. The van der Waals surface area contributed by atoms with E-state index in [9.17, 15) is 14.7 Å². The van der Waals surface area contributed by atoms with E-state index < -0.39 is 17.9 Å². The first-order valence-corrected chi connectivity index (χ1v) is 7.75. The average Bonchev–Trinajstić information content (AvgIpc) is 2.86. The fourth-order valence-electron chi connectivity index (χ4n) is 2.74. The van der Waals surface area contributed by atoms with Gasteiger partial charge in [-0.3, -0.25) is 9.59 Å². The predicted molar refractivity (Wildman–Crippen MR) is 85.7 cm³/mol. The Hall–Kier alpha value is -1.88. The van der Waals surface area contributed by atoms with Crippen molar-refractivity contribution < 1.29 is 14.7 Å². The minimum atomic E-state index is -0.655. The number of aryl methyl sites for hydroxylation is 1. The summed E-state index contributed by atoms with van der Waals surface area (Å²) in [5.74, 6) is -0.866. The highest BCUT2D eigenvalue weighted by atomic mass is 16.3. The van der Waals surface area contributed by atoms with E-state index in [-0.39, 0.29) is 6.54 Å². The molecule has 1 unspecified atom stereocenters. The first kappa shape index (κ1) is 16.5. The van der Waals surface area contributed by atoms with Gasteiger partial charge in [-0.1, -0.05) is 26.0 Å². The van der Waals surface area contributed by atoms with Gasteiger partial charge in [-0.25, -0.2) is 0 Å². The zero-order chi connectivity index (χ0) is 16.3. The molecular formula is C17H24N2O3. The number of rotatable bonds is 4. The Labute approximate surface area is 131 Å². The molecule has 2 rings (SSSR count). The number of benzene rings is 1. The van der Waals surface area contributed by atoms with E-state index in [1.807, 2.05) is 39.0 Å². The molecule has 0 saturated heterocycles. The fourth-order valence-corrected chi connectivity index (χ4v) is 2.74. The van der Waals surface area contributed by atoms with Gasteiger partial charge in [0.25, 0.3) is 0 Å². The molecule has 0 fully saturated rings. The van der Waals surface area contributed by atoms with Gasteiger partial charge in [-0.2, -0.15) is 0 Å². The summed E-state index contributed by atoms with van der Waals surface area (Å²) in [7, 11) is 0. The number of nitrogens with one attached hydrogen (secondary N) is 1. The molecule has 5 nitrogen and oxygen atoms in total. The van der Waals surface area contributed by atoms with E-state index in [0.717, 1.165) is 23.2 Å². The molecule has 1 heterocycles. The lowest BCUT2D eigenvalue weighted by molar-refractivity contribution is -0.137. The van der Waals surface area contributed by atoms with Crippen molar-refractivity contribution in [3.05, 3.63) is 29.3 Å². The van der Waals surface area contributed by atoms with Crippen LogP contribution in [0.1, 0.15) is 31.4 Å². The molecule has 2 amide bonds. The van der Waals surface area contributed by atoms with Gasteiger partial charge >= 0.3 is 11.8 Å². The monoisotopic (exact) mass is 304 g/mol. The smallest absolute Gasteiger partial charge is 0.316 e. The molecule has 1 aromatic rings. The van der Waals surface area contributed by atoms with Crippen LogP contribution in [-0.4, -0.2) is 36.1 Å². The summed E-state index contributed by atoms with van der Waals surface area (Å²) in [6.45, 7) is 6.60. The summed E-state index contributed by atoms with van der Waals surface area (Å²) in [4.78, 5) is 25.8. The SMILES string of the molecule is Cc1ccc2c(c1)N(C(=O)C(=O)NCC(O)CC(C)C)CC2. The summed E-state index contributed by atoms with van der Waals surface area (Å²) in [5.41, 5.74) is 2.97. The summed E-state index contributed by atoms with van der Waals surface area (Å²) in [6, 6.07) is 5.94. The van der Waals surface area contributed by atoms with Gasteiger partial charge in [-0.05, 0) is 42.9 Å². The van der Waals surface area contributed by atoms with Gasteiger partial charge in [0, 0.05) is 18.8 Å². The van der Waals surface area contributed by atoms with Crippen LogP contribution in [0.5, 0.6) is 0 Å². The Morgan fingerprint density at radius 3 is 2.77 bits per heavy atom. The molecule has 2 N–H and O–H groups in total. The molecule has 0 spiro atoms. The normalized spacial score (nSPS) is 14.9. The number of carbonyl (C=O) groups excluding carboxylic acids is 2. The number of hydrogen-bond donors (Lipinski definition) is 2. The standard InChI is InChI=1S/C17H24N2O3/c1-11(2)8-14(20)10-18-16(21)17(22)19-7-6-13-5-4-12(3)9-15(13)19/h4-5,9,11,14,20H,6-8,10H2,1-3H3,(H,18,21). The van der Waals surface area contributed by atoms with Gasteiger partial charge in [0.05, 0.1) is 6.10 Å². The van der Waals surface area contributed by atoms with E-state index in [1.165, 1.54) is 4.90 Å². The number of anilines is 1. The van der Waals surface area contributed by atoms with Gasteiger partial charge in [-0.15, -0.1) is 0 Å². The summed E-state index contributed by atoms with van der Waals surface area (Å²) in [6.07, 6.45) is 0.745. The largest absolute Gasteiger partial charge is 0.391 e. The number of fused-ring (bicyclic) bond motifs is 1. The quantitative estimate of drug-likeness (QED) is 0.826. The van der Waals surface area contributed by atoms with Crippen molar-refractivity contribution in [1.82, 2.24) is 5.32 Å². The van der Waals surface area contributed by atoms with Gasteiger partial charge in [0.1, 0.15) is 0 Å². The Morgan fingerprint density at radius 2 is 2.09 bits per heavy atom. The van der Waals surface area contributed by atoms with Crippen molar-refractivity contribution in [1.29, 1.82) is 0 Å². The molecule has 1 atom stereocenters. The van der Waals surface area contributed by atoms with E-state index in [4.69, 9.17) is 0 Å². The Kier molecular flexibility index (Phi) is 5.19. The highest BCUT2D eigenvalue weighted by Crippen LogP contribution is 2.28. The fraction of sp³-hybridized carbons (Fsp3) is 0.529.